The van der Waals surface area contributed by atoms with Gasteiger partial charge in [-0.3, -0.25) is 4.79 Å². The summed E-state index contributed by atoms with van der Waals surface area (Å²) in [6.45, 7) is 4.01. The van der Waals surface area contributed by atoms with Crippen molar-refractivity contribution in [2.75, 3.05) is 0 Å². The molecule has 0 fully saturated rings. The Kier molecular flexibility index (Phi) is 3.43. The molecular weight excluding hydrogens is 286 g/mol. The molecule has 4 heteroatoms. The number of fused-ring (bicyclic) bond motifs is 1. The molecule has 0 amide bonds. The van der Waals surface area contributed by atoms with E-state index in [2.05, 4.69) is 11.1 Å². The molecule has 0 saturated carbocycles. The molecule has 0 aliphatic rings. The number of nitrogens with one attached hydrogen (secondary N) is 1. The van der Waals surface area contributed by atoms with Crippen LogP contribution < -0.4 is 10.3 Å². The maximum atomic E-state index is 11.7. The first-order valence-electron chi connectivity index (χ1n) is 6.60. The Hall–Kier alpha value is -2.26. The highest BCUT2D eigenvalue weighted by atomic mass is 35.5. The summed E-state index contributed by atoms with van der Waals surface area (Å²) in [5.41, 5.74) is 2.71. The fourth-order valence-corrected chi connectivity index (χ4v) is 2.57. The van der Waals surface area contributed by atoms with Crippen molar-refractivity contribution >= 4 is 22.5 Å². The Morgan fingerprint density at radius 3 is 2.43 bits per heavy atom. The Morgan fingerprint density at radius 2 is 1.71 bits per heavy atom. The van der Waals surface area contributed by atoms with E-state index in [0.717, 1.165) is 16.5 Å². The van der Waals surface area contributed by atoms with Crippen molar-refractivity contribution in [2.45, 2.75) is 13.8 Å². The lowest BCUT2D eigenvalue weighted by molar-refractivity contribution is 0.486. The molecule has 0 radical (unpaired) electrons. The highest BCUT2D eigenvalue weighted by molar-refractivity contribution is 6.31. The van der Waals surface area contributed by atoms with Crippen LogP contribution in [0, 0.1) is 13.8 Å². The minimum atomic E-state index is -0.204. The van der Waals surface area contributed by atoms with E-state index >= 15 is 0 Å². The molecule has 3 nitrogen and oxygen atoms in total. The number of ether oxygens (including phenoxy) is 1. The van der Waals surface area contributed by atoms with Crippen LogP contribution in [0.3, 0.4) is 0 Å². The normalized spacial score (nSPS) is 10.8. The summed E-state index contributed by atoms with van der Waals surface area (Å²) in [5, 5.41) is 1.38. The number of benzene rings is 2. The second-order valence-corrected chi connectivity index (χ2v) is 5.55. The third-order valence-corrected chi connectivity index (χ3v) is 3.43. The minimum absolute atomic E-state index is 0.204. The molecule has 0 atom stereocenters. The molecule has 1 aromatic heterocycles. The summed E-state index contributed by atoms with van der Waals surface area (Å²) < 4.78 is 5.91. The van der Waals surface area contributed by atoms with Crippen LogP contribution in [0.25, 0.3) is 10.9 Å². The molecule has 3 rings (SSSR count). The molecule has 1 N–H and O–H groups in total. The van der Waals surface area contributed by atoms with E-state index in [1.807, 2.05) is 26.0 Å². The van der Waals surface area contributed by atoms with Crippen molar-refractivity contribution in [1.82, 2.24) is 4.98 Å². The first kappa shape index (κ1) is 13.7. The summed E-state index contributed by atoms with van der Waals surface area (Å²) in [6, 6.07) is 12.7. The summed E-state index contributed by atoms with van der Waals surface area (Å²) >= 11 is 6.04. The van der Waals surface area contributed by atoms with Gasteiger partial charge >= 0.3 is 0 Å². The summed E-state index contributed by atoms with van der Waals surface area (Å²) in [4.78, 5) is 14.5. The minimum Gasteiger partial charge on any atom is -0.456 e. The van der Waals surface area contributed by atoms with Gasteiger partial charge in [-0.05, 0) is 55.3 Å². The van der Waals surface area contributed by atoms with E-state index in [-0.39, 0.29) is 5.56 Å². The predicted molar refractivity (Wildman–Crippen MR) is 85.6 cm³/mol. The topological polar surface area (TPSA) is 42.1 Å². The molecule has 1 heterocycles. The second-order valence-electron chi connectivity index (χ2n) is 5.11. The summed E-state index contributed by atoms with van der Waals surface area (Å²) in [7, 11) is 0. The van der Waals surface area contributed by atoms with E-state index in [9.17, 15) is 4.79 Å². The van der Waals surface area contributed by atoms with Crippen LogP contribution in [0.15, 0.2) is 47.3 Å². The number of H-pyrrole nitrogens is 1. The van der Waals surface area contributed by atoms with Gasteiger partial charge in [0.25, 0.3) is 5.56 Å². The first-order chi connectivity index (χ1) is 10.0. The standard InChI is InChI=1S/C17H14ClNO2/c1-10-5-11(2)7-13(6-10)21-16-9-17(20)19-15-4-3-12(18)8-14(15)16/h3-9H,1-2H3,(H,19,20). The van der Waals surface area contributed by atoms with Crippen LogP contribution in [0.5, 0.6) is 11.5 Å². The Balaban J connectivity index is 2.15. The van der Waals surface area contributed by atoms with Crippen LogP contribution in [0.4, 0.5) is 0 Å². The lowest BCUT2D eigenvalue weighted by Gasteiger charge is -2.10. The van der Waals surface area contributed by atoms with Crippen LogP contribution in [-0.2, 0) is 0 Å². The van der Waals surface area contributed by atoms with Gasteiger partial charge in [0.15, 0.2) is 0 Å². The van der Waals surface area contributed by atoms with Gasteiger partial charge in [-0.1, -0.05) is 17.7 Å². The zero-order valence-corrected chi connectivity index (χ0v) is 12.5. The Bertz CT molecular complexity index is 863. The molecule has 21 heavy (non-hydrogen) atoms. The van der Waals surface area contributed by atoms with Gasteiger partial charge in [-0.25, -0.2) is 0 Å². The molecule has 0 unspecified atom stereocenters. The SMILES string of the molecule is Cc1cc(C)cc(Oc2cc(=O)[nH]c3ccc(Cl)cc23)c1. The van der Waals surface area contributed by atoms with Crippen molar-refractivity contribution in [1.29, 1.82) is 0 Å². The fourth-order valence-electron chi connectivity index (χ4n) is 2.40. The molecule has 0 aliphatic carbocycles. The monoisotopic (exact) mass is 299 g/mol. The van der Waals surface area contributed by atoms with E-state index < -0.39 is 0 Å². The first-order valence-corrected chi connectivity index (χ1v) is 6.98. The van der Waals surface area contributed by atoms with Crippen molar-refractivity contribution in [2.24, 2.45) is 0 Å². The number of aromatic nitrogens is 1. The highest BCUT2D eigenvalue weighted by Crippen LogP contribution is 2.30. The molecule has 0 saturated heterocycles. The van der Waals surface area contributed by atoms with Crippen LogP contribution in [0.1, 0.15) is 11.1 Å². The fraction of sp³-hybridized carbons (Fsp3) is 0.118. The molecular formula is C17H14ClNO2. The number of pyridine rings is 1. The zero-order valence-electron chi connectivity index (χ0n) is 11.7. The number of hydrogen-bond donors (Lipinski definition) is 1. The van der Waals surface area contributed by atoms with Gasteiger partial charge in [-0.15, -0.1) is 0 Å². The van der Waals surface area contributed by atoms with E-state index in [0.29, 0.717) is 22.0 Å². The third-order valence-electron chi connectivity index (χ3n) is 3.19. The van der Waals surface area contributed by atoms with Gasteiger partial charge in [0.2, 0.25) is 0 Å². The van der Waals surface area contributed by atoms with E-state index in [4.69, 9.17) is 16.3 Å². The van der Waals surface area contributed by atoms with Gasteiger partial charge in [0.1, 0.15) is 11.5 Å². The quantitative estimate of drug-likeness (QED) is 0.752. The smallest absolute Gasteiger partial charge is 0.252 e. The average Bonchev–Trinajstić information content (AvgIpc) is 2.38. The zero-order chi connectivity index (χ0) is 15.0. The van der Waals surface area contributed by atoms with Gasteiger partial charge in [-0.2, -0.15) is 0 Å². The van der Waals surface area contributed by atoms with Crippen molar-refractivity contribution in [3.63, 3.8) is 0 Å². The highest BCUT2D eigenvalue weighted by Gasteiger charge is 2.07. The number of rotatable bonds is 2. The maximum Gasteiger partial charge on any atom is 0.252 e. The van der Waals surface area contributed by atoms with Crippen LogP contribution in [0.2, 0.25) is 5.02 Å². The Morgan fingerprint density at radius 1 is 1.00 bits per heavy atom. The average molecular weight is 300 g/mol. The van der Waals surface area contributed by atoms with Gasteiger partial charge < -0.3 is 9.72 Å². The second kappa shape index (κ2) is 5.26. The number of aryl methyl sites for hydroxylation is 2. The van der Waals surface area contributed by atoms with Gasteiger partial charge in [0, 0.05) is 16.5 Å². The lowest BCUT2D eigenvalue weighted by Crippen LogP contribution is -2.04. The van der Waals surface area contributed by atoms with Gasteiger partial charge in [0.05, 0.1) is 5.52 Å². The molecule has 0 spiro atoms. The molecule has 2 aromatic carbocycles. The predicted octanol–water partition coefficient (Wildman–Crippen LogP) is 4.59. The molecule has 106 valence electrons. The lowest BCUT2D eigenvalue weighted by atomic mass is 10.1. The number of aromatic amines is 1. The van der Waals surface area contributed by atoms with E-state index in [1.165, 1.54) is 6.07 Å². The van der Waals surface area contributed by atoms with Crippen molar-refractivity contribution in [3.8, 4) is 11.5 Å². The van der Waals surface area contributed by atoms with Crippen LogP contribution in [-0.4, -0.2) is 4.98 Å². The maximum absolute atomic E-state index is 11.7. The summed E-state index contributed by atoms with van der Waals surface area (Å²) in [6.07, 6.45) is 0. The van der Waals surface area contributed by atoms with Crippen LogP contribution >= 0.6 is 11.6 Å². The number of hydrogen-bond acceptors (Lipinski definition) is 2. The van der Waals surface area contributed by atoms with Crippen molar-refractivity contribution in [3.05, 3.63) is 69.0 Å². The van der Waals surface area contributed by atoms with Crippen molar-refractivity contribution < 1.29 is 4.74 Å². The third kappa shape index (κ3) is 2.93. The molecule has 3 aromatic rings. The summed E-state index contributed by atoms with van der Waals surface area (Å²) in [5.74, 6) is 1.21. The molecule has 0 aliphatic heterocycles. The molecule has 0 bridgehead atoms. The Labute approximate surface area is 127 Å². The largest absolute Gasteiger partial charge is 0.456 e. The number of halogens is 1. The van der Waals surface area contributed by atoms with E-state index in [1.54, 1.807) is 18.2 Å².